The lowest BCUT2D eigenvalue weighted by atomic mass is 10.1. The van der Waals surface area contributed by atoms with Crippen molar-refractivity contribution in [3.8, 4) is 11.5 Å². The molecule has 1 saturated carbocycles. The molecule has 6 heteroatoms. The Morgan fingerprint density at radius 2 is 1.79 bits per heavy atom. The molecule has 0 bridgehead atoms. The van der Waals surface area contributed by atoms with Gasteiger partial charge in [0.1, 0.15) is 0 Å². The van der Waals surface area contributed by atoms with Crippen molar-refractivity contribution in [3.05, 3.63) is 58.0 Å². The first-order valence-corrected chi connectivity index (χ1v) is 8.07. The molecule has 1 amide bonds. The van der Waals surface area contributed by atoms with Crippen LogP contribution in [0.15, 0.2) is 41.2 Å². The summed E-state index contributed by atoms with van der Waals surface area (Å²) in [5.74, 6) is -1.30. The Labute approximate surface area is 138 Å². The Morgan fingerprint density at radius 3 is 2.46 bits per heavy atom. The van der Waals surface area contributed by atoms with Crippen LogP contribution in [-0.2, 0) is 6.54 Å². The minimum atomic E-state index is -0.550. The van der Waals surface area contributed by atoms with Crippen LogP contribution in [0, 0.1) is 5.92 Å². The topological polar surface area (TPSA) is 82.8 Å². The second-order valence-electron chi connectivity index (χ2n) is 6.41. The summed E-state index contributed by atoms with van der Waals surface area (Å²) < 4.78 is 1.36. The smallest absolute Gasteiger partial charge is 0.275 e. The van der Waals surface area contributed by atoms with Crippen LogP contribution in [0.1, 0.15) is 35.4 Å². The number of rotatable bonds is 3. The lowest BCUT2D eigenvalue weighted by Gasteiger charge is -2.29. The van der Waals surface area contributed by atoms with Gasteiger partial charge in [-0.1, -0.05) is 37.3 Å². The number of fused-ring (bicyclic) bond motifs is 3. The molecular weight excluding hydrogens is 308 g/mol. The summed E-state index contributed by atoms with van der Waals surface area (Å²) in [5, 5.41) is 19.9. The molecule has 2 N–H and O–H groups in total. The second kappa shape index (κ2) is 5.12. The zero-order valence-electron chi connectivity index (χ0n) is 13.2. The van der Waals surface area contributed by atoms with E-state index in [1.165, 1.54) is 4.57 Å². The van der Waals surface area contributed by atoms with Crippen molar-refractivity contribution in [1.29, 1.82) is 0 Å². The molecule has 124 valence electrons. The van der Waals surface area contributed by atoms with E-state index in [9.17, 15) is 19.8 Å². The molecule has 1 fully saturated rings. The molecule has 1 aromatic heterocycles. The molecule has 3 atom stereocenters. The van der Waals surface area contributed by atoms with Gasteiger partial charge in [-0.2, -0.15) is 0 Å². The number of nitrogens with zero attached hydrogens (tertiary/aromatic N) is 2. The number of benzene rings is 1. The molecule has 24 heavy (non-hydrogen) atoms. The molecule has 0 spiro atoms. The molecule has 1 aliphatic heterocycles. The maximum atomic E-state index is 12.9. The fraction of sp³-hybridized carbons (Fsp3) is 0.333. The number of hydrogen-bond donors (Lipinski definition) is 2. The standard InChI is InChI=1S/C18H18N2O4/c1-2-11-14-15(11)20-13(22)8-12(21)17(23)16(20)18(24)19(14)9-10-6-4-3-5-7-10/h3-8,11,14-15,21,23H,2,9H2,1H3. The Morgan fingerprint density at radius 1 is 1.08 bits per heavy atom. The van der Waals surface area contributed by atoms with E-state index in [1.807, 2.05) is 37.3 Å². The molecule has 2 aliphatic rings. The van der Waals surface area contributed by atoms with Gasteiger partial charge in [-0.3, -0.25) is 14.2 Å². The zero-order valence-corrected chi connectivity index (χ0v) is 13.2. The first kappa shape index (κ1) is 14.8. The summed E-state index contributed by atoms with van der Waals surface area (Å²) >= 11 is 0. The third-order valence-corrected chi connectivity index (χ3v) is 5.08. The molecule has 6 nitrogen and oxygen atoms in total. The van der Waals surface area contributed by atoms with E-state index >= 15 is 0 Å². The second-order valence-corrected chi connectivity index (χ2v) is 6.41. The molecule has 2 aromatic rings. The van der Waals surface area contributed by atoms with E-state index in [2.05, 4.69) is 0 Å². The van der Waals surface area contributed by atoms with Crippen LogP contribution in [0.3, 0.4) is 0 Å². The molecule has 2 heterocycles. The average molecular weight is 326 g/mol. The number of hydrogen-bond acceptors (Lipinski definition) is 4. The zero-order chi connectivity index (χ0) is 17.0. The van der Waals surface area contributed by atoms with Crippen molar-refractivity contribution in [2.45, 2.75) is 32.0 Å². The summed E-state index contributed by atoms with van der Waals surface area (Å²) in [6, 6.07) is 10.4. The van der Waals surface area contributed by atoms with Crippen molar-refractivity contribution in [2.24, 2.45) is 5.92 Å². The van der Waals surface area contributed by atoms with E-state index in [1.54, 1.807) is 4.90 Å². The number of amides is 1. The van der Waals surface area contributed by atoms with Crippen molar-refractivity contribution in [2.75, 3.05) is 0 Å². The van der Waals surface area contributed by atoms with Crippen molar-refractivity contribution in [3.63, 3.8) is 0 Å². The van der Waals surface area contributed by atoms with Gasteiger partial charge in [0.25, 0.3) is 11.5 Å². The summed E-state index contributed by atoms with van der Waals surface area (Å²) in [6.07, 6.45) is 0.835. The fourth-order valence-corrected chi connectivity index (χ4v) is 3.91. The SMILES string of the molecule is CCC1C2C1n1c(c(O)c(O)cc1=O)C(=O)N2Cc1ccccc1. The fourth-order valence-electron chi connectivity index (χ4n) is 3.91. The van der Waals surface area contributed by atoms with Crippen molar-refractivity contribution >= 4 is 5.91 Å². The molecule has 0 radical (unpaired) electrons. The highest BCUT2D eigenvalue weighted by molar-refractivity contribution is 5.97. The van der Waals surface area contributed by atoms with Gasteiger partial charge in [-0.05, 0) is 12.0 Å². The van der Waals surface area contributed by atoms with Crippen LogP contribution in [0.5, 0.6) is 11.5 Å². The Hall–Kier alpha value is -2.76. The first-order chi connectivity index (χ1) is 11.5. The van der Waals surface area contributed by atoms with Crippen molar-refractivity contribution < 1.29 is 15.0 Å². The highest BCUT2D eigenvalue weighted by atomic mass is 16.3. The Balaban J connectivity index is 1.82. The van der Waals surface area contributed by atoms with Crippen LogP contribution in [0.4, 0.5) is 0 Å². The summed E-state index contributed by atoms with van der Waals surface area (Å²) in [4.78, 5) is 26.9. The number of carbonyl (C=O) groups is 1. The summed E-state index contributed by atoms with van der Waals surface area (Å²) in [7, 11) is 0. The lowest BCUT2D eigenvalue weighted by Crippen LogP contribution is -2.42. The van der Waals surface area contributed by atoms with Gasteiger partial charge in [0, 0.05) is 18.5 Å². The predicted octanol–water partition coefficient (Wildman–Crippen LogP) is 1.86. The summed E-state index contributed by atoms with van der Waals surface area (Å²) in [5.41, 5.74) is 0.439. The van der Waals surface area contributed by atoms with Crippen LogP contribution >= 0.6 is 0 Å². The van der Waals surface area contributed by atoms with E-state index in [4.69, 9.17) is 0 Å². The number of carbonyl (C=O) groups excluding carboxylic acids is 1. The molecular formula is C18H18N2O4. The molecule has 3 unspecified atom stereocenters. The van der Waals surface area contributed by atoms with Crippen molar-refractivity contribution in [1.82, 2.24) is 9.47 Å². The van der Waals surface area contributed by atoms with Gasteiger partial charge in [0.15, 0.2) is 17.2 Å². The van der Waals surface area contributed by atoms with Crippen LogP contribution in [-0.4, -0.2) is 31.6 Å². The van der Waals surface area contributed by atoms with Gasteiger partial charge in [0.2, 0.25) is 0 Å². The highest BCUT2D eigenvalue weighted by Crippen LogP contribution is 2.54. The largest absolute Gasteiger partial charge is 0.504 e. The molecule has 1 aromatic carbocycles. The number of aromatic nitrogens is 1. The molecule has 1 aliphatic carbocycles. The van der Waals surface area contributed by atoms with Gasteiger partial charge in [-0.15, -0.1) is 0 Å². The maximum absolute atomic E-state index is 12.9. The number of aromatic hydroxyl groups is 2. The Bertz CT molecular complexity index is 875. The van der Waals surface area contributed by atoms with Crippen LogP contribution < -0.4 is 5.56 Å². The minimum absolute atomic E-state index is 0.0446. The third-order valence-electron chi connectivity index (χ3n) is 5.08. The maximum Gasteiger partial charge on any atom is 0.275 e. The number of pyridine rings is 1. The quantitative estimate of drug-likeness (QED) is 0.902. The third kappa shape index (κ3) is 1.95. The molecule has 4 rings (SSSR count). The first-order valence-electron chi connectivity index (χ1n) is 8.07. The van der Waals surface area contributed by atoms with E-state index in [0.717, 1.165) is 18.1 Å². The van der Waals surface area contributed by atoms with E-state index < -0.39 is 23.0 Å². The van der Waals surface area contributed by atoms with E-state index in [-0.39, 0.29) is 23.7 Å². The molecule has 0 saturated heterocycles. The van der Waals surface area contributed by atoms with Gasteiger partial charge in [0.05, 0.1) is 12.1 Å². The van der Waals surface area contributed by atoms with Gasteiger partial charge >= 0.3 is 0 Å². The Kier molecular flexibility index (Phi) is 3.16. The lowest BCUT2D eigenvalue weighted by molar-refractivity contribution is 0.0667. The monoisotopic (exact) mass is 326 g/mol. The summed E-state index contributed by atoms with van der Waals surface area (Å²) in [6.45, 7) is 2.44. The average Bonchev–Trinajstić information content (AvgIpc) is 3.30. The van der Waals surface area contributed by atoms with Crippen LogP contribution in [0.2, 0.25) is 0 Å². The van der Waals surface area contributed by atoms with E-state index in [0.29, 0.717) is 6.54 Å². The van der Waals surface area contributed by atoms with Gasteiger partial charge < -0.3 is 15.1 Å². The predicted molar refractivity (Wildman–Crippen MR) is 87.0 cm³/mol. The highest BCUT2D eigenvalue weighted by Gasteiger charge is 2.60. The van der Waals surface area contributed by atoms with Gasteiger partial charge in [-0.25, -0.2) is 0 Å². The normalized spacial score (nSPS) is 24.5. The van der Waals surface area contributed by atoms with Crippen LogP contribution in [0.25, 0.3) is 0 Å². The minimum Gasteiger partial charge on any atom is -0.504 e.